The summed E-state index contributed by atoms with van der Waals surface area (Å²) in [4.78, 5) is 18.5. The van der Waals surface area contributed by atoms with Crippen molar-refractivity contribution in [1.29, 1.82) is 0 Å². The summed E-state index contributed by atoms with van der Waals surface area (Å²) in [6, 6.07) is 14.2. The molecule has 132 valence electrons. The number of hydrogen-bond donors (Lipinski definition) is 0. The topological polar surface area (TPSA) is 59.2 Å². The predicted molar refractivity (Wildman–Crippen MR) is 95.2 cm³/mol. The number of aromatic nitrogens is 2. The van der Waals surface area contributed by atoms with Gasteiger partial charge in [0.2, 0.25) is 17.6 Å². The van der Waals surface area contributed by atoms with Crippen LogP contribution in [0.3, 0.4) is 0 Å². The minimum Gasteiger partial charge on any atom is -0.339 e. The van der Waals surface area contributed by atoms with Gasteiger partial charge >= 0.3 is 0 Å². The van der Waals surface area contributed by atoms with Gasteiger partial charge in [0.15, 0.2) is 0 Å². The van der Waals surface area contributed by atoms with Crippen LogP contribution in [-0.4, -0.2) is 22.6 Å². The molecule has 2 heterocycles. The number of anilines is 1. The molecule has 0 radical (unpaired) electrons. The van der Waals surface area contributed by atoms with Crippen LogP contribution < -0.4 is 4.90 Å². The highest BCUT2D eigenvalue weighted by molar-refractivity contribution is 5.96. The molecule has 1 aliphatic rings. The van der Waals surface area contributed by atoms with Gasteiger partial charge in [-0.3, -0.25) is 4.79 Å². The molecule has 1 saturated heterocycles. The first-order chi connectivity index (χ1) is 12.7. The summed E-state index contributed by atoms with van der Waals surface area (Å²) in [5.41, 5.74) is 2.38. The Kier molecular flexibility index (Phi) is 4.24. The average molecular weight is 351 g/mol. The molecular formula is C20H18FN3O2. The van der Waals surface area contributed by atoms with Gasteiger partial charge < -0.3 is 9.42 Å². The van der Waals surface area contributed by atoms with Crippen molar-refractivity contribution in [3.8, 4) is 11.4 Å². The largest absolute Gasteiger partial charge is 0.339 e. The van der Waals surface area contributed by atoms with Crippen LogP contribution in [0.1, 0.15) is 30.7 Å². The van der Waals surface area contributed by atoms with E-state index in [0.717, 1.165) is 12.1 Å². The van der Waals surface area contributed by atoms with E-state index in [9.17, 15) is 9.18 Å². The maximum atomic E-state index is 13.9. The average Bonchev–Trinajstić information content (AvgIpc) is 3.29. The standard InChI is InChI=1S/C20H18FN3O2/c1-2-13-7-9-15(10-8-13)24-12-14(11-18(24)25)20-22-19(23-26-20)16-5-3-4-6-17(16)21/h3-10,14H,2,11-12H2,1H3. The Labute approximate surface area is 150 Å². The number of carbonyl (C=O) groups excluding carboxylic acids is 1. The fourth-order valence-electron chi connectivity index (χ4n) is 3.19. The zero-order chi connectivity index (χ0) is 18.1. The van der Waals surface area contributed by atoms with Gasteiger partial charge in [0, 0.05) is 18.7 Å². The van der Waals surface area contributed by atoms with Crippen LogP contribution in [0.25, 0.3) is 11.4 Å². The zero-order valence-electron chi connectivity index (χ0n) is 14.4. The van der Waals surface area contributed by atoms with Gasteiger partial charge in [-0.1, -0.05) is 36.3 Å². The maximum absolute atomic E-state index is 13.9. The first kappa shape index (κ1) is 16.4. The van der Waals surface area contributed by atoms with E-state index in [1.54, 1.807) is 23.1 Å². The van der Waals surface area contributed by atoms with Gasteiger partial charge in [0.25, 0.3) is 0 Å². The van der Waals surface area contributed by atoms with Crippen LogP contribution in [0.15, 0.2) is 53.1 Å². The van der Waals surface area contributed by atoms with Crippen molar-refractivity contribution in [3.05, 3.63) is 65.8 Å². The highest BCUT2D eigenvalue weighted by atomic mass is 19.1. The van der Waals surface area contributed by atoms with Crippen LogP contribution in [0, 0.1) is 5.82 Å². The van der Waals surface area contributed by atoms with Crippen molar-refractivity contribution in [1.82, 2.24) is 10.1 Å². The lowest BCUT2D eigenvalue weighted by Crippen LogP contribution is -2.24. The molecule has 1 amide bonds. The van der Waals surface area contributed by atoms with Crippen molar-refractivity contribution in [2.24, 2.45) is 0 Å². The second-order valence-electron chi connectivity index (χ2n) is 6.36. The van der Waals surface area contributed by atoms with E-state index < -0.39 is 5.82 Å². The maximum Gasteiger partial charge on any atom is 0.232 e. The summed E-state index contributed by atoms with van der Waals surface area (Å²) >= 11 is 0. The van der Waals surface area contributed by atoms with Crippen LogP contribution >= 0.6 is 0 Å². The predicted octanol–water partition coefficient (Wildman–Crippen LogP) is 3.96. The van der Waals surface area contributed by atoms with E-state index in [1.807, 2.05) is 24.3 Å². The van der Waals surface area contributed by atoms with Gasteiger partial charge in [-0.15, -0.1) is 0 Å². The number of aryl methyl sites for hydroxylation is 1. The number of carbonyl (C=O) groups is 1. The van der Waals surface area contributed by atoms with Gasteiger partial charge in [0.05, 0.1) is 11.5 Å². The van der Waals surface area contributed by atoms with Crippen molar-refractivity contribution in [3.63, 3.8) is 0 Å². The van der Waals surface area contributed by atoms with Crippen LogP contribution in [0.2, 0.25) is 0 Å². The first-order valence-electron chi connectivity index (χ1n) is 8.63. The first-order valence-corrected chi connectivity index (χ1v) is 8.63. The highest BCUT2D eigenvalue weighted by Crippen LogP contribution is 2.32. The monoisotopic (exact) mass is 351 g/mol. The van der Waals surface area contributed by atoms with Gasteiger partial charge in [-0.2, -0.15) is 4.98 Å². The van der Waals surface area contributed by atoms with Gasteiger partial charge in [-0.25, -0.2) is 4.39 Å². The molecule has 1 atom stereocenters. The summed E-state index contributed by atoms with van der Waals surface area (Å²) in [5, 5.41) is 3.88. The van der Waals surface area contributed by atoms with E-state index in [1.165, 1.54) is 11.6 Å². The molecule has 1 aliphatic heterocycles. The number of nitrogens with zero attached hydrogens (tertiary/aromatic N) is 3. The zero-order valence-corrected chi connectivity index (χ0v) is 14.4. The minimum atomic E-state index is -0.403. The third kappa shape index (κ3) is 2.98. The Hall–Kier alpha value is -3.02. The number of hydrogen-bond acceptors (Lipinski definition) is 4. The Balaban J connectivity index is 1.55. The normalized spacial score (nSPS) is 17.1. The number of benzene rings is 2. The number of rotatable bonds is 4. The Morgan fingerprint density at radius 3 is 2.69 bits per heavy atom. The molecule has 26 heavy (non-hydrogen) atoms. The van der Waals surface area contributed by atoms with Gasteiger partial charge in [0.1, 0.15) is 5.82 Å². The molecule has 3 aromatic rings. The number of halogens is 1. The van der Waals surface area contributed by atoms with E-state index in [-0.39, 0.29) is 17.6 Å². The lowest BCUT2D eigenvalue weighted by Gasteiger charge is -2.16. The Morgan fingerprint density at radius 2 is 1.96 bits per heavy atom. The molecular weight excluding hydrogens is 333 g/mol. The molecule has 4 rings (SSSR count). The molecule has 1 unspecified atom stereocenters. The van der Waals surface area contributed by atoms with Crippen molar-refractivity contribution < 1.29 is 13.7 Å². The molecule has 6 heteroatoms. The SMILES string of the molecule is CCc1ccc(N2CC(c3nc(-c4ccccc4F)no3)CC2=O)cc1. The lowest BCUT2D eigenvalue weighted by atomic mass is 10.1. The van der Waals surface area contributed by atoms with E-state index in [4.69, 9.17) is 4.52 Å². The van der Waals surface area contributed by atoms with Crippen molar-refractivity contribution >= 4 is 11.6 Å². The summed E-state index contributed by atoms with van der Waals surface area (Å²) in [7, 11) is 0. The molecule has 5 nitrogen and oxygen atoms in total. The lowest BCUT2D eigenvalue weighted by molar-refractivity contribution is -0.117. The quantitative estimate of drug-likeness (QED) is 0.714. The summed E-state index contributed by atoms with van der Waals surface area (Å²) in [6.07, 6.45) is 1.26. The molecule has 0 spiro atoms. The van der Waals surface area contributed by atoms with Crippen molar-refractivity contribution in [2.45, 2.75) is 25.7 Å². The van der Waals surface area contributed by atoms with Crippen LogP contribution in [0.5, 0.6) is 0 Å². The van der Waals surface area contributed by atoms with E-state index >= 15 is 0 Å². The van der Waals surface area contributed by atoms with E-state index in [2.05, 4.69) is 17.1 Å². The molecule has 1 aromatic heterocycles. The fourth-order valence-corrected chi connectivity index (χ4v) is 3.19. The summed E-state index contributed by atoms with van der Waals surface area (Å²) in [5.74, 6) is -0.00756. The third-order valence-corrected chi connectivity index (χ3v) is 4.69. The third-order valence-electron chi connectivity index (χ3n) is 4.69. The van der Waals surface area contributed by atoms with Crippen molar-refractivity contribution in [2.75, 3.05) is 11.4 Å². The molecule has 0 aliphatic carbocycles. The fraction of sp³-hybridized carbons (Fsp3) is 0.250. The summed E-state index contributed by atoms with van der Waals surface area (Å²) < 4.78 is 19.2. The van der Waals surface area contributed by atoms with Crippen LogP contribution in [-0.2, 0) is 11.2 Å². The number of amides is 1. The molecule has 0 saturated carbocycles. The highest BCUT2D eigenvalue weighted by Gasteiger charge is 2.35. The van der Waals surface area contributed by atoms with E-state index in [0.29, 0.717) is 24.4 Å². The molecule has 0 bridgehead atoms. The van der Waals surface area contributed by atoms with Gasteiger partial charge in [-0.05, 0) is 36.2 Å². The molecule has 1 fully saturated rings. The Morgan fingerprint density at radius 1 is 1.19 bits per heavy atom. The second-order valence-corrected chi connectivity index (χ2v) is 6.36. The smallest absolute Gasteiger partial charge is 0.232 e. The molecule has 0 N–H and O–H groups in total. The molecule has 2 aromatic carbocycles. The summed E-state index contributed by atoms with van der Waals surface area (Å²) in [6.45, 7) is 2.57. The Bertz CT molecular complexity index is 936. The second kappa shape index (κ2) is 6.71. The van der Waals surface area contributed by atoms with Crippen LogP contribution in [0.4, 0.5) is 10.1 Å². The minimum absolute atomic E-state index is 0.0184.